The Morgan fingerprint density at radius 2 is 2.10 bits per heavy atom. The van der Waals surface area contributed by atoms with E-state index in [-0.39, 0.29) is 0 Å². The topological polar surface area (TPSA) is 56.2 Å². The SMILES string of the molecule is Cc1cc(Sc2nnc3ccccn23)ccc1CCN. The highest BCUT2D eigenvalue weighted by molar-refractivity contribution is 7.99. The third kappa shape index (κ3) is 2.55. The van der Waals surface area contributed by atoms with Crippen molar-refractivity contribution in [1.82, 2.24) is 14.6 Å². The van der Waals surface area contributed by atoms with Gasteiger partial charge in [0.1, 0.15) is 0 Å². The number of hydrogen-bond donors (Lipinski definition) is 1. The van der Waals surface area contributed by atoms with Crippen molar-refractivity contribution < 1.29 is 0 Å². The summed E-state index contributed by atoms with van der Waals surface area (Å²) in [7, 11) is 0. The van der Waals surface area contributed by atoms with Crippen LogP contribution in [0.4, 0.5) is 0 Å². The van der Waals surface area contributed by atoms with Crippen LogP contribution in [0.3, 0.4) is 0 Å². The average Bonchev–Trinajstić information content (AvgIpc) is 2.86. The van der Waals surface area contributed by atoms with Gasteiger partial charge in [-0.15, -0.1) is 10.2 Å². The van der Waals surface area contributed by atoms with E-state index in [1.165, 1.54) is 16.0 Å². The number of aromatic nitrogens is 3. The van der Waals surface area contributed by atoms with Crippen molar-refractivity contribution in [2.45, 2.75) is 23.4 Å². The quantitative estimate of drug-likeness (QED) is 0.800. The molecule has 0 aliphatic rings. The van der Waals surface area contributed by atoms with E-state index < -0.39 is 0 Å². The molecule has 0 aliphatic heterocycles. The number of rotatable bonds is 4. The normalized spacial score (nSPS) is 11.1. The Morgan fingerprint density at radius 1 is 1.20 bits per heavy atom. The fourth-order valence-electron chi connectivity index (χ4n) is 2.16. The molecule has 0 amide bonds. The molecular formula is C15H16N4S. The van der Waals surface area contributed by atoms with Gasteiger partial charge in [0.05, 0.1) is 0 Å². The fraction of sp³-hybridized carbons (Fsp3) is 0.200. The van der Waals surface area contributed by atoms with Gasteiger partial charge in [-0.05, 0) is 67.0 Å². The van der Waals surface area contributed by atoms with Crippen LogP contribution in [0.1, 0.15) is 11.1 Å². The Morgan fingerprint density at radius 3 is 2.90 bits per heavy atom. The molecular weight excluding hydrogens is 268 g/mol. The molecule has 0 atom stereocenters. The van der Waals surface area contributed by atoms with Crippen LogP contribution < -0.4 is 5.73 Å². The van der Waals surface area contributed by atoms with Crippen LogP contribution in [0.15, 0.2) is 52.6 Å². The average molecular weight is 284 g/mol. The first-order valence-electron chi connectivity index (χ1n) is 6.55. The van der Waals surface area contributed by atoms with Crippen molar-refractivity contribution in [3.05, 3.63) is 53.7 Å². The molecule has 3 aromatic rings. The molecule has 5 heteroatoms. The maximum atomic E-state index is 5.61. The highest BCUT2D eigenvalue weighted by Gasteiger charge is 2.07. The minimum atomic E-state index is 0.683. The summed E-state index contributed by atoms with van der Waals surface area (Å²) >= 11 is 1.62. The lowest BCUT2D eigenvalue weighted by Crippen LogP contribution is -2.03. The molecule has 3 rings (SSSR count). The van der Waals surface area contributed by atoms with E-state index in [0.717, 1.165) is 17.2 Å². The summed E-state index contributed by atoms with van der Waals surface area (Å²) in [5.41, 5.74) is 9.06. The zero-order chi connectivity index (χ0) is 13.9. The summed E-state index contributed by atoms with van der Waals surface area (Å²) in [4.78, 5) is 1.17. The summed E-state index contributed by atoms with van der Waals surface area (Å²) in [6.07, 6.45) is 2.90. The summed E-state index contributed by atoms with van der Waals surface area (Å²) in [6.45, 7) is 2.80. The third-order valence-corrected chi connectivity index (χ3v) is 4.17. The van der Waals surface area contributed by atoms with E-state index in [1.807, 2.05) is 28.8 Å². The Balaban J connectivity index is 1.89. The largest absolute Gasteiger partial charge is 0.330 e. The minimum Gasteiger partial charge on any atom is -0.330 e. The molecule has 20 heavy (non-hydrogen) atoms. The zero-order valence-corrected chi connectivity index (χ0v) is 12.1. The van der Waals surface area contributed by atoms with Crippen molar-refractivity contribution in [3.8, 4) is 0 Å². The van der Waals surface area contributed by atoms with Gasteiger partial charge >= 0.3 is 0 Å². The highest BCUT2D eigenvalue weighted by atomic mass is 32.2. The summed E-state index contributed by atoms with van der Waals surface area (Å²) in [5.74, 6) is 0. The summed E-state index contributed by atoms with van der Waals surface area (Å²) in [6, 6.07) is 12.3. The van der Waals surface area contributed by atoms with E-state index >= 15 is 0 Å². The molecule has 0 aliphatic carbocycles. The zero-order valence-electron chi connectivity index (χ0n) is 11.3. The van der Waals surface area contributed by atoms with Gasteiger partial charge < -0.3 is 5.73 Å². The summed E-state index contributed by atoms with van der Waals surface area (Å²) < 4.78 is 1.99. The second-order valence-electron chi connectivity index (χ2n) is 4.64. The van der Waals surface area contributed by atoms with Gasteiger partial charge in [0.15, 0.2) is 10.8 Å². The smallest absolute Gasteiger partial charge is 0.200 e. The predicted octanol–water partition coefficient (Wildman–Crippen LogP) is 2.69. The second-order valence-corrected chi connectivity index (χ2v) is 5.68. The van der Waals surface area contributed by atoms with Gasteiger partial charge in [-0.25, -0.2) is 0 Å². The first-order valence-corrected chi connectivity index (χ1v) is 7.37. The van der Waals surface area contributed by atoms with Crippen LogP contribution in [0.5, 0.6) is 0 Å². The monoisotopic (exact) mass is 284 g/mol. The van der Waals surface area contributed by atoms with Crippen molar-refractivity contribution >= 4 is 17.4 Å². The van der Waals surface area contributed by atoms with Crippen molar-refractivity contribution in [2.75, 3.05) is 6.54 Å². The molecule has 0 unspecified atom stereocenters. The predicted molar refractivity (Wildman–Crippen MR) is 81.0 cm³/mol. The van der Waals surface area contributed by atoms with Gasteiger partial charge in [0, 0.05) is 11.1 Å². The molecule has 102 valence electrons. The Bertz CT molecular complexity index is 736. The van der Waals surface area contributed by atoms with E-state index in [0.29, 0.717) is 6.54 Å². The van der Waals surface area contributed by atoms with E-state index in [1.54, 1.807) is 11.8 Å². The van der Waals surface area contributed by atoms with Crippen LogP contribution in [0.2, 0.25) is 0 Å². The molecule has 0 radical (unpaired) electrons. The standard InChI is InChI=1S/C15H16N4S/c1-11-10-13(6-5-12(11)7-8-16)20-15-18-17-14-4-2-3-9-19(14)15/h2-6,9-10H,7-8,16H2,1H3. The Hall–Kier alpha value is -1.85. The van der Waals surface area contributed by atoms with Crippen LogP contribution >= 0.6 is 11.8 Å². The van der Waals surface area contributed by atoms with Gasteiger partial charge in [-0.1, -0.05) is 12.1 Å². The van der Waals surface area contributed by atoms with E-state index in [2.05, 4.69) is 35.3 Å². The van der Waals surface area contributed by atoms with Crippen LogP contribution in [0, 0.1) is 6.92 Å². The van der Waals surface area contributed by atoms with Gasteiger partial charge in [0.2, 0.25) is 0 Å². The van der Waals surface area contributed by atoms with Crippen LogP contribution in [-0.2, 0) is 6.42 Å². The molecule has 0 saturated heterocycles. The Labute approximate surface area is 122 Å². The van der Waals surface area contributed by atoms with E-state index in [9.17, 15) is 0 Å². The molecule has 4 nitrogen and oxygen atoms in total. The number of benzene rings is 1. The van der Waals surface area contributed by atoms with Crippen LogP contribution in [-0.4, -0.2) is 21.1 Å². The van der Waals surface area contributed by atoms with E-state index in [4.69, 9.17) is 5.73 Å². The molecule has 0 saturated carbocycles. The second kappa shape index (κ2) is 5.64. The van der Waals surface area contributed by atoms with Gasteiger partial charge in [-0.2, -0.15) is 0 Å². The molecule has 1 aromatic carbocycles. The van der Waals surface area contributed by atoms with Crippen molar-refractivity contribution in [1.29, 1.82) is 0 Å². The van der Waals surface area contributed by atoms with Gasteiger partial charge in [-0.3, -0.25) is 4.40 Å². The summed E-state index contributed by atoms with van der Waals surface area (Å²) in [5, 5.41) is 9.28. The number of aryl methyl sites for hydroxylation is 1. The number of nitrogens with zero attached hydrogens (tertiary/aromatic N) is 3. The fourth-order valence-corrected chi connectivity index (χ4v) is 3.08. The first-order chi connectivity index (χ1) is 9.78. The van der Waals surface area contributed by atoms with Gasteiger partial charge in [0.25, 0.3) is 0 Å². The third-order valence-electron chi connectivity index (χ3n) is 3.22. The minimum absolute atomic E-state index is 0.683. The molecule has 2 N–H and O–H groups in total. The number of fused-ring (bicyclic) bond motifs is 1. The molecule has 0 spiro atoms. The number of hydrogen-bond acceptors (Lipinski definition) is 4. The van der Waals surface area contributed by atoms with Crippen molar-refractivity contribution in [3.63, 3.8) is 0 Å². The maximum Gasteiger partial charge on any atom is 0.200 e. The van der Waals surface area contributed by atoms with Crippen molar-refractivity contribution in [2.24, 2.45) is 5.73 Å². The molecule has 0 fully saturated rings. The lowest BCUT2D eigenvalue weighted by Gasteiger charge is -2.06. The highest BCUT2D eigenvalue weighted by Crippen LogP contribution is 2.28. The maximum absolute atomic E-state index is 5.61. The molecule has 0 bridgehead atoms. The van der Waals surface area contributed by atoms with Crippen LogP contribution in [0.25, 0.3) is 5.65 Å². The number of pyridine rings is 1. The first kappa shape index (κ1) is 13.1. The Kier molecular flexibility index (Phi) is 3.71. The molecule has 2 aromatic heterocycles. The lowest BCUT2D eigenvalue weighted by molar-refractivity contribution is 0.920. The lowest BCUT2D eigenvalue weighted by atomic mass is 10.1. The number of nitrogens with two attached hydrogens (primary N) is 1. The molecule has 2 heterocycles.